The molecule has 29 heavy (non-hydrogen) atoms. The molecule has 0 saturated carbocycles. The lowest BCUT2D eigenvalue weighted by Gasteiger charge is -2.14. The smallest absolute Gasteiger partial charge is 0.246 e. The maximum absolute atomic E-state index is 7.45. The lowest BCUT2D eigenvalue weighted by molar-refractivity contribution is 0.324. The van der Waals surface area contributed by atoms with Crippen LogP contribution in [0.4, 0.5) is 5.00 Å². The molecule has 1 aromatic carbocycles. The highest BCUT2D eigenvalue weighted by molar-refractivity contribution is 7.22. The molecule has 9 heteroatoms. The second-order valence-corrected chi connectivity index (χ2v) is 7.04. The third-order valence-electron chi connectivity index (χ3n) is 4.49. The largest absolute Gasteiger partial charge is 0.493 e. The Kier molecular flexibility index (Phi) is 4.78. The zero-order valence-electron chi connectivity index (χ0n) is 16.3. The summed E-state index contributed by atoms with van der Waals surface area (Å²) >= 11 is 1.34. The van der Waals surface area contributed by atoms with Gasteiger partial charge in [-0.2, -0.15) is 5.10 Å². The summed E-state index contributed by atoms with van der Waals surface area (Å²) in [4.78, 5) is 13.8. The van der Waals surface area contributed by atoms with Gasteiger partial charge in [-0.1, -0.05) is 0 Å². The van der Waals surface area contributed by atoms with E-state index >= 15 is 0 Å². The number of nitrogens with zero attached hydrogens (tertiary/aromatic N) is 5. The van der Waals surface area contributed by atoms with Crippen LogP contribution in [0.5, 0.6) is 17.2 Å². The zero-order chi connectivity index (χ0) is 20.5. The molecule has 0 saturated heterocycles. The Bertz CT molecular complexity index is 1220. The van der Waals surface area contributed by atoms with Crippen LogP contribution in [0.3, 0.4) is 0 Å². The number of thiophene rings is 1. The van der Waals surface area contributed by atoms with E-state index in [0.29, 0.717) is 39.5 Å². The van der Waals surface area contributed by atoms with E-state index in [-0.39, 0.29) is 0 Å². The molecule has 0 radical (unpaired) electrons. The van der Waals surface area contributed by atoms with Gasteiger partial charge in [-0.25, -0.2) is 19.5 Å². The van der Waals surface area contributed by atoms with Gasteiger partial charge in [0.1, 0.15) is 4.83 Å². The van der Waals surface area contributed by atoms with Gasteiger partial charge in [0.2, 0.25) is 10.8 Å². The normalized spacial score (nSPS) is 10.7. The van der Waals surface area contributed by atoms with Crippen molar-refractivity contribution < 1.29 is 14.2 Å². The minimum absolute atomic E-state index is 0.472. The van der Waals surface area contributed by atoms with Crippen molar-refractivity contribution in [2.45, 2.75) is 6.92 Å². The van der Waals surface area contributed by atoms with E-state index in [4.69, 9.17) is 30.8 Å². The van der Waals surface area contributed by atoms with E-state index in [1.807, 2.05) is 19.2 Å². The number of hydrogen-bond donors (Lipinski definition) is 0. The third kappa shape index (κ3) is 3.03. The monoisotopic (exact) mass is 407 g/mol. The molecule has 3 aromatic heterocycles. The zero-order valence-corrected chi connectivity index (χ0v) is 17.1. The molecule has 0 spiro atoms. The molecule has 0 N–H and O–H groups in total. The van der Waals surface area contributed by atoms with Gasteiger partial charge in [-0.05, 0) is 30.7 Å². The number of methoxy groups -OCH3 is 3. The van der Waals surface area contributed by atoms with Crippen LogP contribution in [0.25, 0.3) is 32.3 Å². The fourth-order valence-electron chi connectivity index (χ4n) is 3.11. The van der Waals surface area contributed by atoms with Crippen LogP contribution in [0, 0.1) is 13.5 Å². The summed E-state index contributed by atoms with van der Waals surface area (Å²) < 4.78 is 18.0. The number of hydrogen-bond acceptors (Lipinski definition) is 7. The molecule has 0 amide bonds. The van der Waals surface area contributed by atoms with Crippen molar-refractivity contribution in [2.24, 2.45) is 0 Å². The Hall–Kier alpha value is -3.64. The highest BCUT2D eigenvalue weighted by Crippen LogP contribution is 2.43. The molecular weight excluding hydrogens is 390 g/mol. The van der Waals surface area contributed by atoms with E-state index in [2.05, 4.69) is 9.94 Å². The van der Waals surface area contributed by atoms with Gasteiger partial charge in [-0.15, -0.1) is 11.3 Å². The Morgan fingerprint density at radius 1 is 1.07 bits per heavy atom. The highest BCUT2D eigenvalue weighted by atomic mass is 32.1. The first-order valence-electron chi connectivity index (χ1n) is 8.60. The molecule has 0 bridgehead atoms. The van der Waals surface area contributed by atoms with Crippen molar-refractivity contribution in [3.63, 3.8) is 0 Å². The van der Waals surface area contributed by atoms with Gasteiger partial charge in [0.15, 0.2) is 23.1 Å². The van der Waals surface area contributed by atoms with Crippen LogP contribution in [-0.4, -0.2) is 41.1 Å². The van der Waals surface area contributed by atoms with Gasteiger partial charge in [0.25, 0.3) is 0 Å². The molecule has 4 aromatic rings. The fourth-order valence-corrected chi connectivity index (χ4v) is 4.07. The average Bonchev–Trinajstić information content (AvgIpc) is 3.40. The summed E-state index contributed by atoms with van der Waals surface area (Å²) in [5.41, 5.74) is 1.55. The number of aromatic nitrogens is 4. The molecule has 4 rings (SSSR count). The summed E-state index contributed by atoms with van der Waals surface area (Å²) in [7, 11) is 4.68. The SMILES string of the molecule is [C-]#[N+]c1sc2nc(-c3cc(OC)c(OC)c(OC)c3)nc(-n3cccn3)c2c1C. The van der Waals surface area contributed by atoms with Crippen LogP contribution in [0.1, 0.15) is 5.56 Å². The number of benzene rings is 1. The summed E-state index contributed by atoms with van der Waals surface area (Å²) in [5.74, 6) is 2.60. The van der Waals surface area contributed by atoms with Crippen molar-refractivity contribution in [1.29, 1.82) is 0 Å². The lowest BCUT2D eigenvalue weighted by Crippen LogP contribution is -2.03. The van der Waals surface area contributed by atoms with Gasteiger partial charge < -0.3 is 14.2 Å². The first kappa shape index (κ1) is 18.7. The predicted molar refractivity (Wildman–Crippen MR) is 111 cm³/mol. The van der Waals surface area contributed by atoms with Crippen LogP contribution in [-0.2, 0) is 0 Å². The summed E-state index contributed by atoms with van der Waals surface area (Å²) in [6.45, 7) is 9.35. The van der Waals surface area contributed by atoms with E-state index in [1.165, 1.54) is 11.3 Å². The Labute approximate surface area is 171 Å². The highest BCUT2D eigenvalue weighted by Gasteiger charge is 2.21. The van der Waals surface area contributed by atoms with E-state index in [1.54, 1.807) is 44.3 Å². The van der Waals surface area contributed by atoms with Gasteiger partial charge >= 0.3 is 0 Å². The fraction of sp³-hybridized carbons (Fsp3) is 0.200. The molecule has 146 valence electrons. The first-order chi connectivity index (χ1) is 14.1. The second kappa shape index (κ2) is 7.41. The van der Waals surface area contributed by atoms with E-state index < -0.39 is 0 Å². The van der Waals surface area contributed by atoms with Crippen molar-refractivity contribution >= 4 is 26.6 Å². The predicted octanol–water partition coefficient (Wildman–Crippen LogP) is 4.43. The Balaban J connectivity index is 2.02. The number of ether oxygens (including phenoxy) is 3. The minimum Gasteiger partial charge on any atom is -0.493 e. The van der Waals surface area contributed by atoms with Gasteiger partial charge in [-0.3, -0.25) is 0 Å². The van der Waals surface area contributed by atoms with Gasteiger partial charge in [0.05, 0.1) is 27.9 Å². The summed E-state index contributed by atoms with van der Waals surface area (Å²) in [6.07, 6.45) is 3.50. The lowest BCUT2D eigenvalue weighted by atomic mass is 10.1. The van der Waals surface area contributed by atoms with Crippen LogP contribution >= 0.6 is 11.3 Å². The molecule has 0 aliphatic rings. The van der Waals surface area contributed by atoms with E-state index in [9.17, 15) is 0 Å². The minimum atomic E-state index is 0.472. The quantitative estimate of drug-likeness (QED) is 0.456. The molecule has 0 atom stereocenters. The topological polar surface area (TPSA) is 75.7 Å². The Morgan fingerprint density at radius 3 is 2.34 bits per heavy atom. The molecule has 3 heterocycles. The Morgan fingerprint density at radius 2 is 1.79 bits per heavy atom. The summed E-state index contributed by atoms with van der Waals surface area (Å²) in [5, 5.41) is 5.73. The average molecular weight is 407 g/mol. The van der Waals surface area contributed by atoms with Crippen molar-refractivity contribution in [1.82, 2.24) is 19.7 Å². The molecule has 0 fully saturated rings. The first-order valence-corrected chi connectivity index (χ1v) is 9.41. The second-order valence-electron chi connectivity index (χ2n) is 6.06. The third-order valence-corrected chi connectivity index (χ3v) is 5.57. The molecule has 0 aliphatic carbocycles. The standard InChI is InChI=1S/C20H17N5O3S/c1-11-15-18(25-8-6-7-22-25)23-17(24-20(15)29-19(11)21-2)12-9-13(26-3)16(28-5)14(10-12)27-4/h6-10H,1,3-5H3. The van der Waals surface area contributed by atoms with Gasteiger partial charge in [0, 0.05) is 23.3 Å². The number of aryl methyl sites for hydroxylation is 1. The number of fused-ring (bicyclic) bond motifs is 1. The van der Waals surface area contributed by atoms with Crippen LogP contribution in [0.2, 0.25) is 0 Å². The summed E-state index contributed by atoms with van der Waals surface area (Å²) in [6, 6.07) is 5.42. The van der Waals surface area contributed by atoms with Crippen molar-refractivity contribution in [2.75, 3.05) is 21.3 Å². The maximum Gasteiger partial charge on any atom is 0.246 e. The van der Waals surface area contributed by atoms with Crippen molar-refractivity contribution in [3.8, 4) is 34.5 Å². The molecular formula is C20H17N5O3S. The molecule has 0 unspecified atom stereocenters. The van der Waals surface area contributed by atoms with Crippen LogP contribution in [0.15, 0.2) is 30.6 Å². The van der Waals surface area contributed by atoms with Crippen LogP contribution < -0.4 is 14.2 Å². The molecule has 8 nitrogen and oxygen atoms in total. The molecule has 0 aliphatic heterocycles. The maximum atomic E-state index is 7.45. The number of rotatable bonds is 5. The van der Waals surface area contributed by atoms with Crippen molar-refractivity contribution in [3.05, 3.63) is 47.6 Å². The van der Waals surface area contributed by atoms with E-state index in [0.717, 1.165) is 15.8 Å².